The van der Waals surface area contributed by atoms with E-state index in [1.54, 1.807) is 0 Å². The zero-order valence-corrected chi connectivity index (χ0v) is 19.4. The van der Waals surface area contributed by atoms with Crippen molar-refractivity contribution in [2.24, 2.45) is 5.92 Å². The van der Waals surface area contributed by atoms with Crippen LogP contribution in [-0.2, 0) is 16.0 Å². The fourth-order valence-electron chi connectivity index (χ4n) is 5.39. The van der Waals surface area contributed by atoms with E-state index in [1.807, 2.05) is 35.2 Å². The number of likely N-dealkylation sites (tertiary alicyclic amines) is 2. The summed E-state index contributed by atoms with van der Waals surface area (Å²) >= 11 is 0. The van der Waals surface area contributed by atoms with E-state index in [9.17, 15) is 14.4 Å². The third-order valence-corrected chi connectivity index (χ3v) is 7.11. The van der Waals surface area contributed by atoms with Crippen molar-refractivity contribution >= 4 is 17.8 Å². The number of carbonyl (C=O) groups excluding carboxylic acids is 3. The number of imide groups is 1. The van der Waals surface area contributed by atoms with Crippen molar-refractivity contribution in [2.45, 2.75) is 64.0 Å². The van der Waals surface area contributed by atoms with Gasteiger partial charge < -0.3 is 15.1 Å². The van der Waals surface area contributed by atoms with E-state index >= 15 is 0 Å². The van der Waals surface area contributed by atoms with E-state index < -0.39 is 5.54 Å². The van der Waals surface area contributed by atoms with Crippen molar-refractivity contribution in [2.75, 3.05) is 32.7 Å². The summed E-state index contributed by atoms with van der Waals surface area (Å²) in [7, 11) is 0. The van der Waals surface area contributed by atoms with Crippen molar-refractivity contribution in [3.05, 3.63) is 35.9 Å². The Balaban J connectivity index is 1.35. The second-order valence-corrected chi connectivity index (χ2v) is 10.0. The Morgan fingerprint density at radius 2 is 1.84 bits per heavy atom. The first kappa shape index (κ1) is 22.8. The van der Waals surface area contributed by atoms with Gasteiger partial charge in [-0.05, 0) is 43.6 Å². The molecule has 1 aromatic rings. The van der Waals surface area contributed by atoms with Crippen LogP contribution in [0, 0.1) is 5.92 Å². The summed E-state index contributed by atoms with van der Waals surface area (Å²) in [6, 6.07) is 9.49. The van der Waals surface area contributed by atoms with Crippen LogP contribution in [0.5, 0.6) is 0 Å². The molecule has 0 unspecified atom stereocenters. The van der Waals surface area contributed by atoms with Gasteiger partial charge in [-0.1, -0.05) is 44.2 Å². The summed E-state index contributed by atoms with van der Waals surface area (Å²) in [5.74, 6) is 0.597. The molecule has 0 bridgehead atoms. The molecule has 174 valence electrons. The summed E-state index contributed by atoms with van der Waals surface area (Å²) in [6.07, 6.45) is 4.05. The van der Waals surface area contributed by atoms with Gasteiger partial charge in [-0.3, -0.25) is 14.5 Å². The molecule has 1 N–H and O–H groups in total. The highest BCUT2D eigenvalue weighted by Crippen LogP contribution is 2.32. The van der Waals surface area contributed by atoms with Crippen LogP contribution in [0.2, 0.25) is 0 Å². The molecular formula is C25H36N4O3. The van der Waals surface area contributed by atoms with Crippen molar-refractivity contribution < 1.29 is 14.4 Å². The average Bonchev–Trinajstić information content (AvgIpc) is 3.03. The molecule has 0 saturated carbocycles. The van der Waals surface area contributed by atoms with E-state index in [0.29, 0.717) is 44.7 Å². The molecule has 3 aliphatic heterocycles. The maximum atomic E-state index is 13.4. The molecule has 3 aliphatic rings. The van der Waals surface area contributed by atoms with Gasteiger partial charge in [-0.2, -0.15) is 0 Å². The highest BCUT2D eigenvalue weighted by molar-refractivity contribution is 6.07. The zero-order chi connectivity index (χ0) is 22.7. The molecule has 0 radical (unpaired) electrons. The molecule has 1 atom stereocenters. The summed E-state index contributed by atoms with van der Waals surface area (Å²) in [4.78, 5) is 44.8. The van der Waals surface area contributed by atoms with E-state index in [2.05, 4.69) is 24.1 Å². The second kappa shape index (κ2) is 9.61. The first-order valence-electron chi connectivity index (χ1n) is 12.1. The van der Waals surface area contributed by atoms with E-state index in [-0.39, 0.29) is 23.9 Å². The smallest absolute Gasteiger partial charge is 0.325 e. The number of urea groups is 1. The standard InChI is InChI=1S/C25H36N4O3/c1-19(2)17-27-15-12-25(13-16-27)23(31)29(24(32)26-25)21-9-6-14-28(18-21)22(30)11-10-20-7-4-3-5-8-20/h3-5,7-8,19,21H,6,9-18H2,1-2H3,(H,26,32)/t21-/m1/s1. The maximum absolute atomic E-state index is 13.4. The van der Waals surface area contributed by atoms with Crippen LogP contribution in [0.25, 0.3) is 0 Å². The van der Waals surface area contributed by atoms with Crippen LogP contribution in [0.4, 0.5) is 4.79 Å². The zero-order valence-electron chi connectivity index (χ0n) is 19.4. The molecule has 3 saturated heterocycles. The van der Waals surface area contributed by atoms with Crippen molar-refractivity contribution in [1.82, 2.24) is 20.0 Å². The minimum atomic E-state index is -0.760. The molecule has 0 aromatic heterocycles. The Bertz CT molecular complexity index is 833. The fraction of sp³-hybridized carbons (Fsp3) is 0.640. The van der Waals surface area contributed by atoms with Crippen LogP contribution in [0.15, 0.2) is 30.3 Å². The number of nitrogens with zero attached hydrogens (tertiary/aromatic N) is 3. The first-order valence-corrected chi connectivity index (χ1v) is 12.1. The molecule has 4 rings (SSSR count). The van der Waals surface area contributed by atoms with Gasteiger partial charge in [0.25, 0.3) is 5.91 Å². The Labute approximate surface area is 191 Å². The van der Waals surface area contributed by atoms with Crippen LogP contribution in [0.1, 0.15) is 51.5 Å². The van der Waals surface area contributed by atoms with Gasteiger partial charge in [-0.25, -0.2) is 4.79 Å². The summed E-state index contributed by atoms with van der Waals surface area (Å²) in [5, 5.41) is 3.04. The van der Waals surface area contributed by atoms with Crippen LogP contribution in [0.3, 0.4) is 0 Å². The van der Waals surface area contributed by atoms with Gasteiger partial charge in [0.05, 0.1) is 6.04 Å². The molecule has 3 heterocycles. The van der Waals surface area contributed by atoms with E-state index in [0.717, 1.165) is 38.0 Å². The lowest BCUT2D eigenvalue weighted by atomic mass is 9.86. The number of nitrogens with one attached hydrogen (secondary N) is 1. The maximum Gasteiger partial charge on any atom is 0.325 e. The van der Waals surface area contributed by atoms with E-state index in [4.69, 9.17) is 0 Å². The topological polar surface area (TPSA) is 73.0 Å². The molecule has 7 heteroatoms. The largest absolute Gasteiger partial charge is 0.341 e. The molecule has 7 nitrogen and oxygen atoms in total. The summed E-state index contributed by atoms with van der Waals surface area (Å²) < 4.78 is 0. The first-order chi connectivity index (χ1) is 15.4. The number of amides is 4. The Hall–Kier alpha value is -2.41. The Morgan fingerprint density at radius 1 is 1.12 bits per heavy atom. The van der Waals surface area contributed by atoms with Gasteiger partial charge >= 0.3 is 6.03 Å². The van der Waals surface area contributed by atoms with E-state index in [1.165, 1.54) is 4.90 Å². The highest BCUT2D eigenvalue weighted by atomic mass is 16.2. The number of aryl methyl sites for hydroxylation is 1. The Kier molecular flexibility index (Phi) is 6.84. The number of hydrogen-bond donors (Lipinski definition) is 1. The van der Waals surface area contributed by atoms with Gasteiger partial charge in [0.15, 0.2) is 0 Å². The van der Waals surface area contributed by atoms with Crippen LogP contribution < -0.4 is 5.32 Å². The predicted octanol–water partition coefficient (Wildman–Crippen LogP) is 2.65. The fourth-order valence-corrected chi connectivity index (χ4v) is 5.39. The minimum absolute atomic E-state index is 0.0877. The monoisotopic (exact) mass is 440 g/mol. The van der Waals surface area contributed by atoms with Gasteiger partial charge in [0.2, 0.25) is 5.91 Å². The number of benzene rings is 1. The molecule has 1 aromatic carbocycles. The molecule has 0 aliphatic carbocycles. The Morgan fingerprint density at radius 3 is 2.53 bits per heavy atom. The molecule has 1 spiro atoms. The van der Waals surface area contributed by atoms with Crippen LogP contribution >= 0.6 is 0 Å². The molecule has 32 heavy (non-hydrogen) atoms. The summed E-state index contributed by atoms with van der Waals surface area (Å²) in [5.41, 5.74) is 0.388. The number of rotatable bonds is 6. The summed E-state index contributed by atoms with van der Waals surface area (Å²) in [6.45, 7) is 8.21. The molecule has 3 fully saturated rings. The van der Waals surface area contributed by atoms with Gasteiger partial charge in [-0.15, -0.1) is 0 Å². The molecular weight excluding hydrogens is 404 g/mol. The van der Waals surface area contributed by atoms with Crippen molar-refractivity contribution in [1.29, 1.82) is 0 Å². The van der Waals surface area contributed by atoms with Crippen molar-refractivity contribution in [3.63, 3.8) is 0 Å². The number of carbonyl (C=O) groups is 3. The third kappa shape index (κ3) is 4.82. The number of hydrogen-bond acceptors (Lipinski definition) is 4. The lowest BCUT2D eigenvalue weighted by Gasteiger charge is -2.39. The van der Waals surface area contributed by atoms with Gasteiger partial charge in [0.1, 0.15) is 5.54 Å². The minimum Gasteiger partial charge on any atom is -0.341 e. The molecule has 4 amide bonds. The average molecular weight is 441 g/mol. The van der Waals surface area contributed by atoms with Gasteiger partial charge in [0, 0.05) is 39.1 Å². The number of piperidine rings is 2. The normalized spacial score (nSPS) is 23.8. The van der Waals surface area contributed by atoms with Crippen LogP contribution in [-0.4, -0.2) is 76.8 Å². The third-order valence-electron chi connectivity index (χ3n) is 7.11. The highest BCUT2D eigenvalue weighted by Gasteiger charge is 2.54. The SMILES string of the molecule is CC(C)CN1CCC2(CC1)NC(=O)N([C@@H]1CCCN(C(=O)CCc3ccccc3)C1)C2=O. The quantitative estimate of drug-likeness (QED) is 0.691. The van der Waals surface area contributed by atoms with Crippen molar-refractivity contribution in [3.8, 4) is 0 Å². The lowest BCUT2D eigenvalue weighted by Crippen LogP contribution is -2.56. The lowest BCUT2D eigenvalue weighted by molar-refractivity contribution is -0.139. The second-order valence-electron chi connectivity index (χ2n) is 10.0. The predicted molar refractivity (Wildman–Crippen MR) is 123 cm³/mol.